The summed E-state index contributed by atoms with van der Waals surface area (Å²) in [5.74, 6) is 0.307. The lowest BCUT2D eigenvalue weighted by Crippen LogP contribution is -2.47. The molecule has 0 aromatic rings. The second-order valence-corrected chi connectivity index (χ2v) is 7.92. The quantitative estimate of drug-likeness (QED) is 0.634. The molecule has 1 aliphatic heterocycles. The molecule has 128 valence electrons. The van der Waals surface area contributed by atoms with Crippen molar-refractivity contribution in [1.82, 2.24) is 14.9 Å². The molecule has 1 aliphatic carbocycles. The summed E-state index contributed by atoms with van der Waals surface area (Å²) in [6.07, 6.45) is 7.80. The third-order valence-electron chi connectivity index (χ3n) is 4.51. The lowest BCUT2D eigenvalue weighted by atomic mass is 9.95. The number of piperidine rings is 1. The Morgan fingerprint density at radius 1 is 1.14 bits per heavy atom. The van der Waals surface area contributed by atoms with E-state index in [4.69, 9.17) is 5.14 Å². The van der Waals surface area contributed by atoms with E-state index in [0.29, 0.717) is 19.1 Å². The molecule has 1 saturated heterocycles. The molecule has 4 N–H and O–H groups in total. The van der Waals surface area contributed by atoms with Crippen LogP contribution in [0.3, 0.4) is 0 Å². The zero-order valence-electron chi connectivity index (χ0n) is 13.1. The molecule has 0 aromatic heterocycles. The van der Waals surface area contributed by atoms with Crippen molar-refractivity contribution >= 4 is 16.1 Å². The van der Waals surface area contributed by atoms with E-state index in [1.165, 1.54) is 19.3 Å². The average molecular weight is 332 g/mol. The normalized spacial score (nSPS) is 25.0. The molecule has 0 spiro atoms. The van der Waals surface area contributed by atoms with E-state index in [-0.39, 0.29) is 11.8 Å². The monoisotopic (exact) mass is 332 g/mol. The van der Waals surface area contributed by atoms with Crippen LogP contribution in [-0.2, 0) is 15.0 Å². The fraction of sp³-hybridized carbons (Fsp3) is 0.929. The molecule has 0 unspecified atom stereocenters. The van der Waals surface area contributed by atoms with Gasteiger partial charge in [-0.05, 0) is 38.1 Å². The van der Waals surface area contributed by atoms with Gasteiger partial charge in [-0.2, -0.15) is 8.42 Å². The van der Waals surface area contributed by atoms with Crippen molar-refractivity contribution in [3.8, 4) is 0 Å². The van der Waals surface area contributed by atoms with E-state index < -0.39 is 10.2 Å². The lowest BCUT2D eigenvalue weighted by molar-refractivity contribution is -0.123. The maximum atomic E-state index is 12.1. The Kier molecular flexibility index (Phi) is 6.61. The summed E-state index contributed by atoms with van der Waals surface area (Å²) in [5, 5.41) is 8.08. The fourth-order valence-corrected chi connectivity index (χ4v) is 3.89. The Bertz CT molecular complexity index is 463. The van der Waals surface area contributed by atoms with Crippen LogP contribution in [0, 0.1) is 5.92 Å². The van der Waals surface area contributed by atoms with Crippen molar-refractivity contribution in [2.24, 2.45) is 11.1 Å². The molecule has 1 saturated carbocycles. The van der Waals surface area contributed by atoms with Crippen LogP contribution in [0.2, 0.25) is 0 Å². The van der Waals surface area contributed by atoms with Crippen molar-refractivity contribution in [2.45, 2.75) is 51.0 Å². The Morgan fingerprint density at radius 3 is 2.55 bits per heavy atom. The second-order valence-electron chi connectivity index (χ2n) is 6.54. The summed E-state index contributed by atoms with van der Waals surface area (Å²) >= 11 is 0. The zero-order valence-corrected chi connectivity index (χ0v) is 13.9. The van der Waals surface area contributed by atoms with Crippen LogP contribution in [0.5, 0.6) is 0 Å². The minimum absolute atomic E-state index is 0.0898. The number of carbonyl (C=O) groups is 1. The van der Waals surface area contributed by atoms with Crippen LogP contribution in [0.15, 0.2) is 0 Å². The first-order chi connectivity index (χ1) is 10.4. The minimum Gasteiger partial charge on any atom is -0.352 e. The molecule has 22 heavy (non-hydrogen) atoms. The van der Waals surface area contributed by atoms with Crippen LogP contribution in [-0.4, -0.2) is 51.4 Å². The molecule has 0 radical (unpaired) electrons. The van der Waals surface area contributed by atoms with Gasteiger partial charge in [-0.15, -0.1) is 0 Å². The molecule has 8 heteroatoms. The maximum Gasteiger partial charge on any atom is 0.274 e. The molecule has 1 heterocycles. The standard InChI is InChI=1S/C14H28N4O3S/c15-22(20,21)16-9-12-5-4-8-18(10-12)11-14(19)17-13-6-2-1-3-7-13/h12-13,16H,1-11H2,(H,17,19)(H2,15,20,21)/t12-/m0/s1. The van der Waals surface area contributed by atoms with Gasteiger partial charge in [-0.3, -0.25) is 9.69 Å². The van der Waals surface area contributed by atoms with Crippen molar-refractivity contribution in [1.29, 1.82) is 0 Å². The number of likely N-dealkylation sites (tertiary alicyclic amines) is 1. The Labute approximate surface area is 133 Å². The largest absolute Gasteiger partial charge is 0.352 e. The lowest BCUT2D eigenvalue weighted by Gasteiger charge is -2.32. The number of nitrogens with zero attached hydrogens (tertiary/aromatic N) is 1. The summed E-state index contributed by atoms with van der Waals surface area (Å²) in [7, 11) is -3.63. The molecule has 0 aromatic carbocycles. The van der Waals surface area contributed by atoms with Gasteiger partial charge in [0.1, 0.15) is 0 Å². The predicted octanol–water partition coefficient (Wildman–Crippen LogP) is -0.0596. The third kappa shape index (κ3) is 6.60. The molecular formula is C14H28N4O3S. The van der Waals surface area contributed by atoms with E-state index >= 15 is 0 Å². The van der Waals surface area contributed by atoms with Crippen LogP contribution < -0.4 is 15.2 Å². The van der Waals surface area contributed by atoms with Gasteiger partial charge in [0.2, 0.25) is 5.91 Å². The predicted molar refractivity (Wildman–Crippen MR) is 85.3 cm³/mol. The molecule has 2 rings (SSSR count). The minimum atomic E-state index is -3.63. The molecule has 2 aliphatic rings. The first-order valence-electron chi connectivity index (χ1n) is 8.21. The second kappa shape index (κ2) is 8.24. The Hall–Kier alpha value is -0.700. The first kappa shape index (κ1) is 17.7. The highest BCUT2D eigenvalue weighted by Crippen LogP contribution is 2.18. The molecule has 2 fully saturated rings. The van der Waals surface area contributed by atoms with Crippen molar-refractivity contribution in [3.05, 3.63) is 0 Å². The molecule has 1 atom stereocenters. The van der Waals surface area contributed by atoms with E-state index in [1.807, 2.05) is 0 Å². The number of rotatable bonds is 6. The van der Waals surface area contributed by atoms with Gasteiger partial charge in [0, 0.05) is 19.1 Å². The van der Waals surface area contributed by atoms with Crippen molar-refractivity contribution in [3.63, 3.8) is 0 Å². The number of carbonyl (C=O) groups excluding carboxylic acids is 1. The highest BCUT2D eigenvalue weighted by molar-refractivity contribution is 7.87. The molecule has 1 amide bonds. The highest BCUT2D eigenvalue weighted by Gasteiger charge is 2.23. The van der Waals surface area contributed by atoms with Crippen LogP contribution in [0.25, 0.3) is 0 Å². The average Bonchev–Trinajstić information content (AvgIpc) is 2.46. The molecule has 7 nitrogen and oxygen atoms in total. The smallest absolute Gasteiger partial charge is 0.274 e. The zero-order chi connectivity index (χ0) is 16.0. The Balaban J connectivity index is 1.71. The SMILES string of the molecule is NS(=O)(=O)NC[C@@H]1CCCN(CC(=O)NC2CCCCC2)C1. The van der Waals surface area contributed by atoms with Crippen molar-refractivity contribution < 1.29 is 13.2 Å². The number of amides is 1. The first-order valence-corrected chi connectivity index (χ1v) is 9.76. The van der Waals surface area contributed by atoms with E-state index in [9.17, 15) is 13.2 Å². The summed E-state index contributed by atoms with van der Waals surface area (Å²) < 4.78 is 24.2. The van der Waals surface area contributed by atoms with Gasteiger partial charge in [0.15, 0.2) is 0 Å². The number of nitrogens with two attached hydrogens (primary N) is 1. The van der Waals surface area contributed by atoms with Gasteiger partial charge < -0.3 is 5.32 Å². The highest BCUT2D eigenvalue weighted by atomic mass is 32.2. The summed E-state index contributed by atoms with van der Waals surface area (Å²) in [6, 6.07) is 0.339. The van der Waals surface area contributed by atoms with Gasteiger partial charge in [0.25, 0.3) is 10.2 Å². The summed E-state index contributed by atoms with van der Waals surface area (Å²) in [4.78, 5) is 14.2. The van der Waals surface area contributed by atoms with E-state index in [1.54, 1.807) is 0 Å². The third-order valence-corrected chi connectivity index (χ3v) is 5.08. The van der Waals surface area contributed by atoms with Crippen LogP contribution in [0.1, 0.15) is 44.9 Å². The molecular weight excluding hydrogens is 304 g/mol. The van der Waals surface area contributed by atoms with Gasteiger partial charge >= 0.3 is 0 Å². The van der Waals surface area contributed by atoms with Gasteiger partial charge in [0.05, 0.1) is 6.54 Å². The van der Waals surface area contributed by atoms with Crippen LogP contribution >= 0.6 is 0 Å². The number of nitrogens with one attached hydrogen (secondary N) is 2. The van der Waals surface area contributed by atoms with Crippen LogP contribution in [0.4, 0.5) is 0 Å². The Morgan fingerprint density at radius 2 is 1.86 bits per heavy atom. The van der Waals surface area contributed by atoms with Gasteiger partial charge in [-0.25, -0.2) is 9.86 Å². The van der Waals surface area contributed by atoms with E-state index in [2.05, 4.69) is 14.9 Å². The summed E-state index contributed by atoms with van der Waals surface area (Å²) in [6.45, 7) is 2.38. The van der Waals surface area contributed by atoms with Crippen molar-refractivity contribution in [2.75, 3.05) is 26.2 Å². The number of hydrogen-bond donors (Lipinski definition) is 3. The number of hydrogen-bond acceptors (Lipinski definition) is 4. The van der Waals surface area contributed by atoms with E-state index in [0.717, 1.165) is 38.8 Å². The molecule has 0 bridgehead atoms. The summed E-state index contributed by atoms with van der Waals surface area (Å²) in [5.41, 5.74) is 0. The maximum absolute atomic E-state index is 12.1. The topological polar surface area (TPSA) is 105 Å². The fourth-order valence-electron chi connectivity index (χ4n) is 3.42. The van der Waals surface area contributed by atoms with Gasteiger partial charge in [-0.1, -0.05) is 19.3 Å².